The predicted molar refractivity (Wildman–Crippen MR) is 161 cm³/mol. The van der Waals surface area contributed by atoms with Gasteiger partial charge in [-0.25, -0.2) is 4.98 Å². The summed E-state index contributed by atoms with van der Waals surface area (Å²) in [5.41, 5.74) is 12.7. The predicted octanol–water partition coefficient (Wildman–Crippen LogP) is 8.00. The quantitative estimate of drug-likeness (QED) is 0.258. The number of anilines is 1. The average Bonchev–Trinajstić information content (AvgIpc) is 2.79. The zero-order chi connectivity index (χ0) is 27.5. The van der Waals surface area contributed by atoms with E-state index in [1.54, 1.807) is 0 Å². The highest BCUT2D eigenvalue weighted by Gasteiger charge is 2.35. The Kier molecular flexibility index (Phi) is 8.73. The Morgan fingerprint density at radius 3 is 2.39 bits per heavy atom. The van der Waals surface area contributed by atoms with Crippen LogP contribution in [0.3, 0.4) is 0 Å². The fourth-order valence-electron chi connectivity index (χ4n) is 5.75. The monoisotopic (exact) mass is 532 g/mol. The van der Waals surface area contributed by atoms with Gasteiger partial charge in [-0.15, -0.1) is 0 Å². The van der Waals surface area contributed by atoms with Crippen molar-refractivity contribution in [1.82, 2.24) is 9.97 Å². The van der Waals surface area contributed by atoms with Gasteiger partial charge in [0, 0.05) is 22.6 Å². The van der Waals surface area contributed by atoms with Crippen LogP contribution in [0.4, 0.5) is 5.95 Å². The number of ether oxygens (including phenoxy) is 1. The van der Waals surface area contributed by atoms with Crippen LogP contribution in [0.5, 0.6) is 5.88 Å². The summed E-state index contributed by atoms with van der Waals surface area (Å²) in [5.74, 6) is 1.85. The molecule has 0 amide bonds. The summed E-state index contributed by atoms with van der Waals surface area (Å²) in [6.45, 7) is 15.9. The van der Waals surface area contributed by atoms with E-state index in [1.165, 1.54) is 41.5 Å². The van der Waals surface area contributed by atoms with Gasteiger partial charge in [-0.3, -0.25) is 4.72 Å². The van der Waals surface area contributed by atoms with Crippen LogP contribution in [0.15, 0.2) is 53.4 Å². The van der Waals surface area contributed by atoms with Gasteiger partial charge in [0.25, 0.3) is 0 Å². The fraction of sp³-hybridized carbons (Fsp3) is 0.500. The van der Waals surface area contributed by atoms with E-state index in [4.69, 9.17) is 20.4 Å². The molecule has 6 heteroatoms. The number of benzene rings is 2. The van der Waals surface area contributed by atoms with Crippen molar-refractivity contribution >= 4 is 17.9 Å². The second-order valence-corrected chi connectivity index (χ2v) is 13.9. The maximum absolute atomic E-state index is 6.37. The molecule has 1 aliphatic rings. The minimum atomic E-state index is -0.0663. The summed E-state index contributed by atoms with van der Waals surface area (Å²) < 4.78 is 9.50. The summed E-state index contributed by atoms with van der Waals surface area (Å²) >= 11 is 1.54. The SMILES string of the molecule is Cc1cccc(C)c1-c1cc(OCC(N)CC(C)(C)C)nc(NSc2cccc(CC3CC(C)(C)C3)c2)n1. The van der Waals surface area contributed by atoms with Gasteiger partial charge in [-0.05, 0) is 97.0 Å². The summed E-state index contributed by atoms with van der Waals surface area (Å²) in [6, 6.07) is 16.9. The van der Waals surface area contributed by atoms with Crippen molar-refractivity contribution in [1.29, 1.82) is 0 Å². The first-order valence-electron chi connectivity index (χ1n) is 13.7. The maximum Gasteiger partial charge on any atom is 0.237 e. The van der Waals surface area contributed by atoms with Crippen molar-refractivity contribution in [3.05, 3.63) is 65.2 Å². The number of nitrogens with one attached hydrogen (secondary N) is 1. The van der Waals surface area contributed by atoms with E-state index in [0.717, 1.165) is 34.9 Å². The van der Waals surface area contributed by atoms with E-state index in [0.29, 0.717) is 23.9 Å². The van der Waals surface area contributed by atoms with Crippen LogP contribution in [0.25, 0.3) is 11.3 Å². The Hall–Kier alpha value is -2.57. The molecule has 0 aliphatic heterocycles. The molecule has 0 saturated heterocycles. The van der Waals surface area contributed by atoms with E-state index in [1.807, 2.05) is 6.07 Å². The van der Waals surface area contributed by atoms with Crippen LogP contribution >= 0.6 is 11.9 Å². The standard InChI is InChI=1S/C32H44N4OS/c1-21-10-8-11-22(2)29(21)27-16-28(37-20-25(33)19-31(3,4)5)35-30(34-27)36-38-26-13-9-12-23(15-26)14-24-17-32(6,7)18-24/h8-13,15-16,24-25H,14,17-20,33H2,1-7H3,(H,34,35,36). The largest absolute Gasteiger partial charge is 0.476 e. The van der Waals surface area contributed by atoms with Crippen LogP contribution in [0.2, 0.25) is 0 Å². The summed E-state index contributed by atoms with van der Waals surface area (Å²) in [4.78, 5) is 10.7. The number of nitrogens with two attached hydrogens (primary N) is 1. The molecule has 204 valence electrons. The lowest BCUT2D eigenvalue weighted by molar-refractivity contribution is 0.0970. The number of aromatic nitrogens is 2. The Morgan fingerprint density at radius 1 is 1.05 bits per heavy atom. The van der Waals surface area contributed by atoms with Gasteiger partial charge in [0.1, 0.15) is 6.61 Å². The van der Waals surface area contributed by atoms with Crippen molar-refractivity contribution < 1.29 is 4.74 Å². The summed E-state index contributed by atoms with van der Waals surface area (Å²) in [5, 5.41) is 0. The normalized spacial score (nSPS) is 16.1. The number of hydrogen-bond donors (Lipinski definition) is 2. The van der Waals surface area contributed by atoms with E-state index in [-0.39, 0.29) is 11.5 Å². The molecule has 1 saturated carbocycles. The Morgan fingerprint density at radius 2 is 1.74 bits per heavy atom. The number of rotatable bonds is 10. The van der Waals surface area contributed by atoms with Gasteiger partial charge < -0.3 is 10.5 Å². The molecule has 3 N–H and O–H groups in total. The third-order valence-electron chi connectivity index (χ3n) is 7.13. The minimum Gasteiger partial charge on any atom is -0.476 e. The Labute approximate surface area is 233 Å². The highest BCUT2D eigenvalue weighted by atomic mass is 32.2. The van der Waals surface area contributed by atoms with Crippen LogP contribution in [-0.4, -0.2) is 22.6 Å². The van der Waals surface area contributed by atoms with E-state index in [9.17, 15) is 0 Å². The zero-order valence-electron chi connectivity index (χ0n) is 24.1. The highest BCUT2D eigenvalue weighted by molar-refractivity contribution is 8.00. The Balaban J connectivity index is 1.51. The highest BCUT2D eigenvalue weighted by Crippen LogP contribution is 2.46. The number of aryl methyl sites for hydroxylation is 2. The molecule has 3 aromatic rings. The molecule has 38 heavy (non-hydrogen) atoms. The molecule has 2 aromatic carbocycles. The molecule has 1 unspecified atom stereocenters. The minimum absolute atomic E-state index is 0.0663. The van der Waals surface area contributed by atoms with Gasteiger partial charge in [0.2, 0.25) is 11.8 Å². The molecule has 0 spiro atoms. The topological polar surface area (TPSA) is 73.1 Å². The van der Waals surface area contributed by atoms with Crippen LogP contribution in [0, 0.1) is 30.6 Å². The van der Waals surface area contributed by atoms with Gasteiger partial charge in [0.05, 0.1) is 5.69 Å². The maximum atomic E-state index is 6.37. The van der Waals surface area contributed by atoms with Crippen molar-refractivity contribution in [2.45, 2.75) is 85.1 Å². The molecular weight excluding hydrogens is 488 g/mol. The van der Waals surface area contributed by atoms with Crippen molar-refractivity contribution in [3.63, 3.8) is 0 Å². The third kappa shape index (κ3) is 7.97. The molecule has 1 aromatic heterocycles. The molecule has 1 aliphatic carbocycles. The van der Waals surface area contributed by atoms with E-state index in [2.05, 4.69) is 95.7 Å². The second kappa shape index (κ2) is 11.7. The average molecular weight is 533 g/mol. The lowest BCUT2D eigenvalue weighted by atomic mass is 9.63. The summed E-state index contributed by atoms with van der Waals surface area (Å²) in [7, 11) is 0. The lowest BCUT2D eigenvalue weighted by Gasteiger charge is -2.42. The molecule has 4 rings (SSSR count). The van der Waals surface area contributed by atoms with Crippen LogP contribution in [0.1, 0.15) is 70.6 Å². The molecule has 1 fully saturated rings. The molecular formula is C32H44N4OS. The molecule has 0 bridgehead atoms. The smallest absolute Gasteiger partial charge is 0.237 e. The van der Waals surface area contributed by atoms with Gasteiger partial charge in [-0.2, -0.15) is 4.98 Å². The zero-order valence-corrected chi connectivity index (χ0v) is 24.9. The summed E-state index contributed by atoms with van der Waals surface area (Å²) in [6.07, 6.45) is 4.63. The first kappa shape index (κ1) is 28.4. The van der Waals surface area contributed by atoms with Crippen molar-refractivity contribution in [2.24, 2.45) is 22.5 Å². The molecule has 1 heterocycles. The van der Waals surface area contributed by atoms with Crippen LogP contribution in [-0.2, 0) is 6.42 Å². The fourth-order valence-corrected chi connectivity index (χ4v) is 6.41. The van der Waals surface area contributed by atoms with Gasteiger partial charge in [0.15, 0.2) is 0 Å². The lowest BCUT2D eigenvalue weighted by Crippen LogP contribution is -2.32. The Bertz CT molecular complexity index is 1220. The first-order chi connectivity index (χ1) is 17.9. The first-order valence-corrected chi connectivity index (χ1v) is 14.5. The third-order valence-corrected chi connectivity index (χ3v) is 7.90. The molecule has 5 nitrogen and oxygen atoms in total. The van der Waals surface area contributed by atoms with Crippen LogP contribution < -0.4 is 15.2 Å². The van der Waals surface area contributed by atoms with E-state index >= 15 is 0 Å². The molecule has 1 atom stereocenters. The van der Waals surface area contributed by atoms with Crippen molar-refractivity contribution in [2.75, 3.05) is 11.3 Å². The number of hydrogen-bond acceptors (Lipinski definition) is 6. The van der Waals surface area contributed by atoms with Gasteiger partial charge in [-0.1, -0.05) is 65.0 Å². The van der Waals surface area contributed by atoms with Crippen molar-refractivity contribution in [3.8, 4) is 17.1 Å². The molecule has 0 radical (unpaired) electrons. The number of nitrogens with zero attached hydrogens (tertiary/aromatic N) is 2. The van der Waals surface area contributed by atoms with Gasteiger partial charge >= 0.3 is 0 Å². The van der Waals surface area contributed by atoms with E-state index < -0.39 is 0 Å². The second-order valence-electron chi connectivity index (χ2n) is 13.0.